The van der Waals surface area contributed by atoms with Gasteiger partial charge < -0.3 is 9.73 Å². The van der Waals surface area contributed by atoms with Gasteiger partial charge in [0.2, 0.25) is 11.8 Å². The van der Waals surface area contributed by atoms with Gasteiger partial charge in [-0.2, -0.15) is 0 Å². The number of nitrogens with one attached hydrogen (secondary N) is 1. The molecule has 2 fully saturated rings. The molecule has 1 N–H and O–H groups in total. The molecule has 0 unspecified atom stereocenters. The van der Waals surface area contributed by atoms with E-state index in [-0.39, 0.29) is 35.1 Å². The predicted molar refractivity (Wildman–Crippen MR) is 110 cm³/mol. The van der Waals surface area contributed by atoms with Gasteiger partial charge in [0, 0.05) is 30.8 Å². The number of rotatable bonds is 5. The fourth-order valence-corrected chi connectivity index (χ4v) is 5.33. The lowest BCUT2D eigenvalue weighted by atomic mass is 9.94. The average molecular weight is 415 g/mol. The Morgan fingerprint density at radius 2 is 2.00 bits per heavy atom. The summed E-state index contributed by atoms with van der Waals surface area (Å²) in [6.07, 6.45) is 4.13. The summed E-state index contributed by atoms with van der Waals surface area (Å²) in [4.78, 5) is 31.9. The third-order valence-electron chi connectivity index (χ3n) is 7.18. The second-order valence-corrected chi connectivity index (χ2v) is 8.79. The molecule has 1 aliphatic heterocycles. The van der Waals surface area contributed by atoms with Crippen LogP contribution in [0.1, 0.15) is 40.5 Å². The van der Waals surface area contributed by atoms with E-state index < -0.39 is 5.91 Å². The lowest BCUT2D eigenvalue weighted by Gasteiger charge is -2.26. The Morgan fingerprint density at radius 3 is 2.81 bits per heavy atom. The van der Waals surface area contributed by atoms with Crippen molar-refractivity contribution in [3.05, 3.63) is 71.6 Å². The number of fused-ring (bicyclic) bond motifs is 1. The molecule has 6 rings (SSSR count). The van der Waals surface area contributed by atoms with Gasteiger partial charge >= 0.3 is 11.8 Å². The molecule has 3 aliphatic rings. The van der Waals surface area contributed by atoms with Gasteiger partial charge in [0.1, 0.15) is 5.82 Å². The maximum atomic E-state index is 13.2. The second-order valence-electron chi connectivity index (χ2n) is 8.79. The smallest absolute Gasteiger partial charge is 0.308 e. The van der Waals surface area contributed by atoms with Crippen LogP contribution in [0.5, 0.6) is 0 Å². The van der Waals surface area contributed by atoms with Crippen LogP contribution in [0.25, 0.3) is 0 Å². The molecule has 1 aromatic carbocycles. The third-order valence-corrected chi connectivity index (χ3v) is 7.18. The maximum Gasteiger partial charge on any atom is 0.308 e. The topological polar surface area (TPSA) is 101 Å². The minimum atomic E-state index is -0.453. The quantitative estimate of drug-likeness (QED) is 0.685. The Kier molecular flexibility index (Phi) is 3.66. The average Bonchev–Trinajstić information content (AvgIpc) is 3.55. The van der Waals surface area contributed by atoms with Crippen LogP contribution >= 0.6 is 0 Å². The van der Waals surface area contributed by atoms with Crippen molar-refractivity contribution >= 4 is 17.6 Å². The van der Waals surface area contributed by atoms with Crippen LogP contribution in [0.3, 0.4) is 0 Å². The summed E-state index contributed by atoms with van der Waals surface area (Å²) in [5.74, 6) is 0.286. The van der Waals surface area contributed by atoms with Crippen molar-refractivity contribution in [3.8, 4) is 0 Å². The van der Waals surface area contributed by atoms with Gasteiger partial charge in [-0.15, -0.1) is 10.2 Å². The number of benzene rings is 1. The van der Waals surface area contributed by atoms with E-state index in [1.54, 1.807) is 18.1 Å². The molecule has 3 heterocycles. The molecule has 31 heavy (non-hydrogen) atoms. The Morgan fingerprint density at radius 1 is 1.19 bits per heavy atom. The minimum absolute atomic E-state index is 0.00702. The lowest BCUT2D eigenvalue weighted by Crippen LogP contribution is -2.42. The van der Waals surface area contributed by atoms with Crippen LogP contribution in [0.4, 0.5) is 5.82 Å². The Bertz CT molecular complexity index is 1200. The van der Waals surface area contributed by atoms with E-state index >= 15 is 0 Å². The molecular weight excluding hydrogens is 394 g/mol. The highest BCUT2D eigenvalue weighted by atomic mass is 16.4. The number of anilines is 1. The Hall–Kier alpha value is -3.55. The first kappa shape index (κ1) is 18.2. The number of carbonyl (C=O) groups is 2. The molecule has 0 bridgehead atoms. The molecule has 8 nitrogen and oxygen atoms in total. The zero-order chi connectivity index (χ0) is 21.2. The van der Waals surface area contributed by atoms with Crippen molar-refractivity contribution in [2.45, 2.75) is 24.7 Å². The third kappa shape index (κ3) is 2.57. The van der Waals surface area contributed by atoms with Crippen LogP contribution in [-0.4, -0.2) is 40.6 Å². The molecule has 2 saturated carbocycles. The van der Waals surface area contributed by atoms with E-state index in [4.69, 9.17) is 4.42 Å². The predicted octanol–water partition coefficient (Wildman–Crippen LogP) is 2.11. The van der Waals surface area contributed by atoms with Gasteiger partial charge in [-0.3, -0.25) is 14.5 Å². The Labute approximate surface area is 178 Å². The minimum Gasteiger partial charge on any atom is -0.417 e. The number of carbonyl (C=O) groups excluding carboxylic acids is 2. The molecule has 2 amide bonds. The van der Waals surface area contributed by atoms with Crippen LogP contribution in [0, 0.1) is 11.3 Å². The second kappa shape index (κ2) is 6.23. The normalized spacial score (nSPS) is 27.6. The fraction of sp³-hybridized carbons (Fsp3) is 0.348. The first-order chi connectivity index (χ1) is 15.0. The van der Waals surface area contributed by atoms with Crippen LogP contribution in [0.15, 0.2) is 53.1 Å². The molecule has 1 atom stereocenters. The number of pyridine rings is 1. The van der Waals surface area contributed by atoms with Crippen LogP contribution in [0.2, 0.25) is 0 Å². The largest absolute Gasteiger partial charge is 0.417 e. The summed E-state index contributed by atoms with van der Waals surface area (Å²) in [7, 11) is 1.76. The molecular formula is C23H21N5O3. The standard InChI is InChI=1S/C23H21N5O3/c1-28-18-15(8-5-9-24-18)22-12-23(22,13-22)16(21(28)30)11-25-19(29)20-27-26-17(31-20)10-14-6-3-2-4-7-14/h2-9,16H,10-13H2,1H3,(H,25,29)/t16-,22?,23?/m1/s1. The van der Waals surface area contributed by atoms with E-state index in [0.29, 0.717) is 12.3 Å². The van der Waals surface area contributed by atoms with Crippen molar-refractivity contribution in [2.24, 2.45) is 11.3 Å². The van der Waals surface area contributed by atoms with Gasteiger partial charge in [-0.25, -0.2) is 4.98 Å². The van der Waals surface area contributed by atoms with E-state index in [2.05, 4.69) is 26.6 Å². The van der Waals surface area contributed by atoms with Crippen LogP contribution in [-0.2, 0) is 16.6 Å². The lowest BCUT2D eigenvalue weighted by molar-refractivity contribution is -0.123. The summed E-state index contributed by atoms with van der Waals surface area (Å²) in [5.41, 5.74) is 2.16. The first-order valence-corrected chi connectivity index (χ1v) is 10.4. The number of amides is 2. The summed E-state index contributed by atoms with van der Waals surface area (Å²) in [6, 6.07) is 13.7. The van der Waals surface area contributed by atoms with Crippen molar-refractivity contribution < 1.29 is 14.0 Å². The number of hydrogen-bond donors (Lipinski definition) is 1. The van der Waals surface area contributed by atoms with Gasteiger partial charge in [-0.05, 0) is 29.9 Å². The van der Waals surface area contributed by atoms with Crippen molar-refractivity contribution in [1.82, 2.24) is 20.5 Å². The Balaban J connectivity index is 1.16. The molecule has 8 heteroatoms. The number of aromatic nitrogens is 3. The van der Waals surface area contributed by atoms with E-state index in [9.17, 15) is 9.59 Å². The molecule has 3 aromatic rings. The summed E-state index contributed by atoms with van der Waals surface area (Å²) in [6.45, 7) is 0.244. The fourth-order valence-electron chi connectivity index (χ4n) is 5.33. The van der Waals surface area contributed by atoms with Crippen molar-refractivity contribution in [1.29, 1.82) is 0 Å². The summed E-state index contributed by atoms with van der Waals surface area (Å²) < 4.78 is 5.54. The van der Waals surface area contributed by atoms with Gasteiger partial charge in [-0.1, -0.05) is 36.4 Å². The molecule has 156 valence electrons. The molecule has 2 aromatic heterocycles. The molecule has 0 spiro atoms. The van der Waals surface area contributed by atoms with Crippen LogP contribution < -0.4 is 10.2 Å². The van der Waals surface area contributed by atoms with Crippen molar-refractivity contribution in [3.63, 3.8) is 0 Å². The van der Waals surface area contributed by atoms with Gasteiger partial charge in [0.15, 0.2) is 0 Å². The first-order valence-electron chi connectivity index (χ1n) is 10.4. The van der Waals surface area contributed by atoms with Crippen molar-refractivity contribution in [2.75, 3.05) is 18.5 Å². The highest BCUT2D eigenvalue weighted by Gasteiger charge is 2.88. The summed E-state index contributed by atoms with van der Waals surface area (Å²) in [5, 5.41) is 10.7. The highest BCUT2D eigenvalue weighted by molar-refractivity contribution is 5.99. The molecule has 2 aliphatic carbocycles. The monoisotopic (exact) mass is 415 g/mol. The number of hydrogen-bond acceptors (Lipinski definition) is 6. The highest BCUT2D eigenvalue weighted by Crippen LogP contribution is 2.90. The zero-order valence-electron chi connectivity index (χ0n) is 17.0. The summed E-state index contributed by atoms with van der Waals surface area (Å²) >= 11 is 0. The SMILES string of the molecule is CN1C(=O)[C@@H](CNC(=O)c2nnc(Cc3ccccc3)o2)C23CC2(C3)c2cccnc21. The van der Waals surface area contributed by atoms with Gasteiger partial charge in [0.25, 0.3) is 0 Å². The number of nitrogens with zero attached hydrogens (tertiary/aromatic N) is 4. The van der Waals surface area contributed by atoms with E-state index in [1.165, 1.54) is 0 Å². The van der Waals surface area contributed by atoms with E-state index in [0.717, 1.165) is 29.8 Å². The van der Waals surface area contributed by atoms with Gasteiger partial charge in [0.05, 0.1) is 12.3 Å². The zero-order valence-corrected chi connectivity index (χ0v) is 17.0. The van der Waals surface area contributed by atoms with E-state index in [1.807, 2.05) is 36.4 Å². The molecule has 0 radical (unpaired) electrons. The molecule has 0 saturated heterocycles. The maximum absolute atomic E-state index is 13.2.